The van der Waals surface area contributed by atoms with Crippen molar-refractivity contribution in [3.63, 3.8) is 0 Å². The maximum Gasteiger partial charge on any atom is 0.255 e. The summed E-state index contributed by atoms with van der Waals surface area (Å²) >= 11 is 0. The molecule has 3 N–H and O–H groups in total. The monoisotopic (exact) mass is 267 g/mol. The minimum Gasteiger partial charge on any atom is -0.506 e. The number of rotatable bonds is 2. The van der Waals surface area contributed by atoms with E-state index in [1.165, 1.54) is 0 Å². The van der Waals surface area contributed by atoms with Crippen LogP contribution in [0, 0.1) is 6.92 Å². The van der Waals surface area contributed by atoms with E-state index in [4.69, 9.17) is 0 Å². The highest BCUT2D eigenvalue weighted by Gasteiger charge is 2.10. The van der Waals surface area contributed by atoms with Crippen molar-refractivity contribution < 1.29 is 9.90 Å². The van der Waals surface area contributed by atoms with Gasteiger partial charge in [-0.25, -0.2) is 0 Å². The average Bonchev–Trinajstić information content (AvgIpc) is 2.90. The molecular weight excluding hydrogens is 254 g/mol. The standard InChI is InChI=1S/C15H13N3O2/c1-9-2-5-14(19)13(6-9)17-15(20)10-3-4-11-8-16-18-12(11)7-10/h2-8,19H,1H3,(H,16,18)(H,17,20). The summed E-state index contributed by atoms with van der Waals surface area (Å²) in [6.07, 6.45) is 1.70. The van der Waals surface area contributed by atoms with Gasteiger partial charge >= 0.3 is 0 Å². The summed E-state index contributed by atoms with van der Waals surface area (Å²) in [5.41, 5.74) is 2.66. The van der Waals surface area contributed by atoms with Gasteiger partial charge in [0.2, 0.25) is 0 Å². The number of phenols is 1. The smallest absolute Gasteiger partial charge is 0.255 e. The Bertz CT molecular complexity index is 793. The first-order chi connectivity index (χ1) is 9.63. The van der Waals surface area contributed by atoms with E-state index in [9.17, 15) is 9.90 Å². The number of carbonyl (C=O) groups excluding carboxylic acids is 1. The highest BCUT2D eigenvalue weighted by Crippen LogP contribution is 2.24. The molecule has 0 saturated carbocycles. The van der Waals surface area contributed by atoms with Crippen molar-refractivity contribution in [1.82, 2.24) is 10.2 Å². The molecule has 0 aliphatic heterocycles. The van der Waals surface area contributed by atoms with Gasteiger partial charge in [-0.1, -0.05) is 12.1 Å². The van der Waals surface area contributed by atoms with Crippen LogP contribution in [0.15, 0.2) is 42.6 Å². The van der Waals surface area contributed by atoms with Crippen LogP contribution >= 0.6 is 0 Å². The molecule has 0 atom stereocenters. The van der Waals surface area contributed by atoms with Crippen LogP contribution in [0.5, 0.6) is 5.75 Å². The van der Waals surface area contributed by atoms with Gasteiger partial charge < -0.3 is 10.4 Å². The van der Waals surface area contributed by atoms with E-state index in [0.29, 0.717) is 11.3 Å². The summed E-state index contributed by atoms with van der Waals surface area (Å²) in [5, 5.41) is 20.1. The third kappa shape index (κ3) is 2.21. The predicted molar refractivity (Wildman–Crippen MR) is 76.9 cm³/mol. The number of fused-ring (bicyclic) bond motifs is 1. The molecule has 0 aliphatic rings. The van der Waals surface area contributed by atoms with E-state index >= 15 is 0 Å². The van der Waals surface area contributed by atoms with Crippen LogP contribution in [0.25, 0.3) is 10.9 Å². The Balaban J connectivity index is 1.90. The molecule has 1 heterocycles. The number of benzene rings is 2. The number of phenolic OH excluding ortho intramolecular Hbond substituents is 1. The third-order valence-corrected chi connectivity index (χ3v) is 3.10. The molecule has 0 bridgehead atoms. The lowest BCUT2D eigenvalue weighted by Crippen LogP contribution is -2.12. The van der Waals surface area contributed by atoms with Crippen LogP contribution in [0.4, 0.5) is 5.69 Å². The van der Waals surface area contributed by atoms with E-state index in [1.54, 1.807) is 36.5 Å². The fourth-order valence-corrected chi connectivity index (χ4v) is 2.02. The number of nitrogens with one attached hydrogen (secondary N) is 2. The van der Waals surface area contributed by atoms with Crippen LogP contribution in [0.2, 0.25) is 0 Å². The zero-order valence-electron chi connectivity index (χ0n) is 10.8. The number of aryl methyl sites for hydroxylation is 1. The summed E-state index contributed by atoms with van der Waals surface area (Å²) in [6, 6.07) is 10.3. The second kappa shape index (κ2) is 4.70. The topological polar surface area (TPSA) is 78.0 Å². The lowest BCUT2D eigenvalue weighted by molar-refractivity contribution is 0.102. The number of nitrogens with zero attached hydrogens (tertiary/aromatic N) is 1. The van der Waals surface area contributed by atoms with Gasteiger partial charge in [0.25, 0.3) is 5.91 Å². The average molecular weight is 267 g/mol. The molecule has 1 aromatic heterocycles. The molecule has 3 rings (SSSR count). The van der Waals surface area contributed by atoms with Crippen molar-refractivity contribution in [1.29, 1.82) is 0 Å². The largest absolute Gasteiger partial charge is 0.506 e. The van der Waals surface area contributed by atoms with Gasteiger partial charge in [0, 0.05) is 10.9 Å². The number of amides is 1. The molecule has 0 spiro atoms. The Morgan fingerprint density at radius 1 is 1.25 bits per heavy atom. The Kier molecular flexibility index (Phi) is 2.87. The van der Waals surface area contributed by atoms with Gasteiger partial charge in [-0.15, -0.1) is 0 Å². The van der Waals surface area contributed by atoms with Crippen LogP contribution in [-0.2, 0) is 0 Å². The van der Waals surface area contributed by atoms with Crippen LogP contribution in [0.1, 0.15) is 15.9 Å². The number of aromatic nitrogens is 2. The minimum absolute atomic E-state index is 0.0477. The van der Waals surface area contributed by atoms with Crippen LogP contribution in [0.3, 0.4) is 0 Å². The second-order valence-corrected chi connectivity index (χ2v) is 4.65. The number of anilines is 1. The van der Waals surface area contributed by atoms with E-state index in [-0.39, 0.29) is 11.7 Å². The van der Waals surface area contributed by atoms with Gasteiger partial charge in [-0.05, 0) is 36.8 Å². The number of aromatic hydroxyl groups is 1. The first-order valence-electron chi connectivity index (χ1n) is 6.17. The second-order valence-electron chi connectivity index (χ2n) is 4.65. The molecule has 0 saturated heterocycles. The van der Waals surface area contributed by atoms with Crippen molar-refractivity contribution in [3.8, 4) is 5.75 Å². The Hall–Kier alpha value is -2.82. The molecule has 100 valence electrons. The first-order valence-corrected chi connectivity index (χ1v) is 6.17. The first kappa shape index (κ1) is 12.2. The fraction of sp³-hybridized carbons (Fsp3) is 0.0667. The lowest BCUT2D eigenvalue weighted by Gasteiger charge is -2.08. The molecule has 3 aromatic rings. The van der Waals surface area contributed by atoms with Crippen molar-refractivity contribution in [2.75, 3.05) is 5.32 Å². The molecule has 1 amide bonds. The molecule has 0 aliphatic carbocycles. The molecular formula is C15H13N3O2. The Morgan fingerprint density at radius 3 is 2.95 bits per heavy atom. The number of aromatic amines is 1. The van der Waals surface area contributed by atoms with Gasteiger partial charge in [-0.3, -0.25) is 9.89 Å². The van der Waals surface area contributed by atoms with Gasteiger partial charge in [0.05, 0.1) is 17.4 Å². The van der Waals surface area contributed by atoms with Gasteiger partial charge in [-0.2, -0.15) is 5.10 Å². The summed E-state index contributed by atoms with van der Waals surface area (Å²) in [4.78, 5) is 12.2. The van der Waals surface area contributed by atoms with Gasteiger partial charge in [0.1, 0.15) is 5.75 Å². The van der Waals surface area contributed by atoms with Crippen molar-refractivity contribution >= 4 is 22.5 Å². The fourth-order valence-electron chi connectivity index (χ4n) is 2.02. The third-order valence-electron chi connectivity index (χ3n) is 3.10. The molecule has 20 heavy (non-hydrogen) atoms. The molecule has 0 unspecified atom stereocenters. The normalized spacial score (nSPS) is 10.7. The van der Waals surface area contributed by atoms with E-state index in [1.807, 2.05) is 13.0 Å². The summed E-state index contributed by atoms with van der Waals surface area (Å²) in [5.74, 6) is -0.228. The zero-order valence-corrected chi connectivity index (χ0v) is 10.8. The highest BCUT2D eigenvalue weighted by atomic mass is 16.3. The van der Waals surface area contributed by atoms with Gasteiger partial charge in [0.15, 0.2) is 0 Å². The number of hydrogen-bond donors (Lipinski definition) is 3. The molecule has 2 aromatic carbocycles. The summed E-state index contributed by atoms with van der Waals surface area (Å²) in [6.45, 7) is 1.89. The molecule has 5 nitrogen and oxygen atoms in total. The Labute approximate surface area is 115 Å². The van der Waals surface area contributed by atoms with Crippen LogP contribution < -0.4 is 5.32 Å². The van der Waals surface area contributed by atoms with Crippen molar-refractivity contribution in [3.05, 3.63) is 53.7 Å². The molecule has 0 radical (unpaired) electrons. The quantitative estimate of drug-likeness (QED) is 0.625. The molecule has 0 fully saturated rings. The minimum atomic E-state index is -0.276. The summed E-state index contributed by atoms with van der Waals surface area (Å²) in [7, 11) is 0. The van der Waals surface area contributed by atoms with E-state index in [2.05, 4.69) is 15.5 Å². The summed E-state index contributed by atoms with van der Waals surface area (Å²) < 4.78 is 0. The number of carbonyl (C=O) groups is 1. The lowest BCUT2D eigenvalue weighted by atomic mass is 10.1. The zero-order chi connectivity index (χ0) is 14.1. The van der Waals surface area contributed by atoms with Crippen LogP contribution in [-0.4, -0.2) is 21.2 Å². The van der Waals surface area contributed by atoms with E-state index < -0.39 is 0 Å². The highest BCUT2D eigenvalue weighted by molar-refractivity contribution is 6.06. The number of H-pyrrole nitrogens is 1. The maximum atomic E-state index is 12.2. The predicted octanol–water partition coefficient (Wildman–Crippen LogP) is 2.83. The Morgan fingerprint density at radius 2 is 2.10 bits per heavy atom. The maximum absolute atomic E-state index is 12.2. The van der Waals surface area contributed by atoms with E-state index in [0.717, 1.165) is 16.5 Å². The van der Waals surface area contributed by atoms with Crippen molar-refractivity contribution in [2.24, 2.45) is 0 Å². The SMILES string of the molecule is Cc1ccc(O)c(NC(=O)c2ccc3cn[nH]c3c2)c1. The molecule has 5 heteroatoms. The van der Waals surface area contributed by atoms with Crippen molar-refractivity contribution in [2.45, 2.75) is 6.92 Å². The number of hydrogen-bond acceptors (Lipinski definition) is 3.